The molecule has 1 saturated heterocycles. The van der Waals surface area contributed by atoms with Gasteiger partial charge in [-0.3, -0.25) is 4.90 Å². The largest absolute Gasteiger partial charge is 0.492 e. The van der Waals surface area contributed by atoms with Gasteiger partial charge in [-0.05, 0) is 31.2 Å². The molecule has 1 aromatic carbocycles. The van der Waals surface area contributed by atoms with Crippen molar-refractivity contribution in [3.8, 4) is 5.75 Å². The zero-order valence-corrected chi connectivity index (χ0v) is 14.6. The number of nitrogens with zero attached hydrogens (tertiary/aromatic N) is 4. The van der Waals surface area contributed by atoms with Gasteiger partial charge in [-0.2, -0.15) is 0 Å². The Morgan fingerprint density at radius 1 is 1.00 bits per heavy atom. The second kappa shape index (κ2) is 7.15. The normalized spacial score (nSPS) is 15.6. The van der Waals surface area contributed by atoms with Gasteiger partial charge in [0.15, 0.2) is 0 Å². The van der Waals surface area contributed by atoms with Crippen molar-refractivity contribution in [1.29, 1.82) is 0 Å². The number of fused-ring (bicyclic) bond motifs is 1. The van der Waals surface area contributed by atoms with Crippen LogP contribution < -0.4 is 9.64 Å². The second-order valence-electron chi connectivity index (χ2n) is 6.36. The summed E-state index contributed by atoms with van der Waals surface area (Å²) < 4.78 is 7.87. The van der Waals surface area contributed by atoms with E-state index >= 15 is 0 Å². The number of benzene rings is 1. The third kappa shape index (κ3) is 3.46. The minimum atomic E-state index is 0.699. The summed E-state index contributed by atoms with van der Waals surface area (Å²) in [4.78, 5) is 9.61. The second-order valence-corrected chi connectivity index (χ2v) is 6.36. The fourth-order valence-electron chi connectivity index (χ4n) is 3.44. The number of piperazine rings is 1. The molecule has 130 valence electrons. The Kier molecular flexibility index (Phi) is 4.57. The molecule has 1 fully saturated rings. The van der Waals surface area contributed by atoms with Crippen molar-refractivity contribution in [2.75, 3.05) is 37.7 Å². The summed E-state index contributed by atoms with van der Waals surface area (Å²) in [5, 5.41) is 0. The average Bonchev–Trinajstić information content (AvgIpc) is 3.05. The van der Waals surface area contributed by atoms with E-state index in [0.29, 0.717) is 6.61 Å². The predicted octanol–water partition coefficient (Wildman–Crippen LogP) is 3.06. The van der Waals surface area contributed by atoms with Crippen LogP contribution in [0.5, 0.6) is 5.75 Å². The van der Waals surface area contributed by atoms with E-state index in [9.17, 15) is 0 Å². The molecule has 0 atom stereocenters. The molecule has 25 heavy (non-hydrogen) atoms. The van der Waals surface area contributed by atoms with Gasteiger partial charge < -0.3 is 14.0 Å². The van der Waals surface area contributed by atoms with E-state index in [4.69, 9.17) is 9.72 Å². The molecule has 2 aromatic heterocycles. The summed E-state index contributed by atoms with van der Waals surface area (Å²) in [6, 6.07) is 14.4. The molecule has 3 heterocycles. The van der Waals surface area contributed by atoms with E-state index in [-0.39, 0.29) is 0 Å². The highest BCUT2D eigenvalue weighted by atomic mass is 16.5. The van der Waals surface area contributed by atoms with Crippen LogP contribution in [0, 0.1) is 0 Å². The van der Waals surface area contributed by atoms with Gasteiger partial charge in [0.05, 0.1) is 18.0 Å². The maximum atomic E-state index is 5.78. The Balaban J connectivity index is 1.40. The maximum Gasteiger partial charge on any atom is 0.142 e. The minimum absolute atomic E-state index is 0.699. The van der Waals surface area contributed by atoms with Crippen LogP contribution in [0.2, 0.25) is 0 Å². The molecule has 0 aliphatic carbocycles. The number of hydrogen-bond donors (Lipinski definition) is 0. The fourth-order valence-corrected chi connectivity index (χ4v) is 3.44. The summed E-state index contributed by atoms with van der Waals surface area (Å²) in [5.74, 6) is 0.985. The van der Waals surface area contributed by atoms with Gasteiger partial charge in [-0.1, -0.05) is 18.2 Å². The molecule has 1 aliphatic rings. The van der Waals surface area contributed by atoms with E-state index in [1.807, 2.05) is 31.2 Å². The molecule has 5 nitrogen and oxygen atoms in total. The molecule has 0 radical (unpaired) electrons. The molecule has 3 aromatic rings. The van der Waals surface area contributed by atoms with E-state index in [0.717, 1.165) is 49.8 Å². The van der Waals surface area contributed by atoms with Crippen LogP contribution in [0.1, 0.15) is 12.6 Å². The lowest BCUT2D eigenvalue weighted by molar-refractivity contribution is 0.246. The number of rotatable bonds is 5. The van der Waals surface area contributed by atoms with Crippen molar-refractivity contribution in [2.45, 2.75) is 13.5 Å². The molecule has 5 heteroatoms. The summed E-state index contributed by atoms with van der Waals surface area (Å²) in [6.07, 6.45) is 4.18. The van der Waals surface area contributed by atoms with Crippen molar-refractivity contribution in [3.63, 3.8) is 0 Å². The zero-order valence-electron chi connectivity index (χ0n) is 14.6. The lowest BCUT2D eigenvalue weighted by Crippen LogP contribution is -2.46. The van der Waals surface area contributed by atoms with E-state index in [1.54, 1.807) is 0 Å². The first kappa shape index (κ1) is 16.0. The topological polar surface area (TPSA) is 33.0 Å². The van der Waals surface area contributed by atoms with Gasteiger partial charge in [0.2, 0.25) is 0 Å². The molecule has 1 aliphatic heterocycles. The number of aromatic nitrogens is 2. The highest BCUT2D eigenvalue weighted by Crippen LogP contribution is 2.29. The summed E-state index contributed by atoms with van der Waals surface area (Å²) in [5.41, 5.74) is 3.35. The Morgan fingerprint density at radius 2 is 1.80 bits per heavy atom. The van der Waals surface area contributed by atoms with Crippen molar-refractivity contribution in [2.24, 2.45) is 0 Å². The van der Waals surface area contributed by atoms with Crippen molar-refractivity contribution < 1.29 is 4.74 Å². The number of para-hydroxylation sites is 2. The predicted molar refractivity (Wildman–Crippen MR) is 100 cm³/mol. The van der Waals surface area contributed by atoms with Crippen molar-refractivity contribution >= 4 is 11.3 Å². The monoisotopic (exact) mass is 336 g/mol. The molecule has 0 amide bonds. The third-order valence-electron chi connectivity index (χ3n) is 4.68. The van der Waals surface area contributed by atoms with Crippen LogP contribution in [0.3, 0.4) is 0 Å². The zero-order chi connectivity index (χ0) is 17.1. The van der Waals surface area contributed by atoms with E-state index < -0.39 is 0 Å². The van der Waals surface area contributed by atoms with Crippen LogP contribution in [0.25, 0.3) is 5.65 Å². The number of imidazole rings is 1. The van der Waals surface area contributed by atoms with Gasteiger partial charge in [-0.25, -0.2) is 4.98 Å². The molecular formula is C20H24N4O. The quantitative estimate of drug-likeness (QED) is 0.717. The first-order valence-corrected chi connectivity index (χ1v) is 8.95. The summed E-state index contributed by atoms with van der Waals surface area (Å²) in [6.45, 7) is 7.73. The van der Waals surface area contributed by atoms with Crippen LogP contribution in [0.4, 0.5) is 5.69 Å². The molecule has 0 N–H and O–H groups in total. The van der Waals surface area contributed by atoms with E-state index in [1.165, 1.54) is 5.69 Å². The van der Waals surface area contributed by atoms with Gasteiger partial charge in [-0.15, -0.1) is 0 Å². The number of ether oxygens (including phenoxy) is 1. The molecule has 0 bridgehead atoms. The van der Waals surface area contributed by atoms with Gasteiger partial charge in [0, 0.05) is 45.1 Å². The van der Waals surface area contributed by atoms with Crippen molar-refractivity contribution in [3.05, 3.63) is 60.6 Å². The van der Waals surface area contributed by atoms with Crippen LogP contribution in [-0.4, -0.2) is 47.1 Å². The molecule has 0 saturated carbocycles. The number of pyridine rings is 1. The molecule has 0 spiro atoms. The lowest BCUT2D eigenvalue weighted by Gasteiger charge is -2.36. The van der Waals surface area contributed by atoms with Crippen LogP contribution in [-0.2, 0) is 6.54 Å². The Hall–Kier alpha value is -2.53. The Bertz CT molecular complexity index is 803. The standard InChI is InChI=1S/C20H24N4O/c1-2-25-19-8-4-3-7-18(19)23-13-11-22(12-14-23)15-17-16-24-10-6-5-9-20(24)21-17/h3-10,16H,2,11-15H2,1H3. The van der Waals surface area contributed by atoms with Gasteiger partial charge >= 0.3 is 0 Å². The fraction of sp³-hybridized carbons (Fsp3) is 0.350. The lowest BCUT2D eigenvalue weighted by atomic mass is 10.2. The Labute approximate surface area is 148 Å². The average molecular weight is 336 g/mol. The molecule has 4 rings (SSSR count). The maximum absolute atomic E-state index is 5.78. The summed E-state index contributed by atoms with van der Waals surface area (Å²) in [7, 11) is 0. The molecule has 0 unspecified atom stereocenters. The highest BCUT2D eigenvalue weighted by Gasteiger charge is 2.20. The van der Waals surface area contributed by atoms with Crippen molar-refractivity contribution in [1.82, 2.24) is 14.3 Å². The number of hydrogen-bond acceptors (Lipinski definition) is 4. The number of anilines is 1. The minimum Gasteiger partial charge on any atom is -0.492 e. The Morgan fingerprint density at radius 3 is 2.60 bits per heavy atom. The van der Waals surface area contributed by atoms with Crippen LogP contribution in [0.15, 0.2) is 54.9 Å². The van der Waals surface area contributed by atoms with Gasteiger partial charge in [0.1, 0.15) is 11.4 Å². The smallest absolute Gasteiger partial charge is 0.142 e. The summed E-state index contributed by atoms with van der Waals surface area (Å²) >= 11 is 0. The first-order valence-electron chi connectivity index (χ1n) is 8.95. The van der Waals surface area contributed by atoms with Gasteiger partial charge in [0.25, 0.3) is 0 Å². The highest BCUT2D eigenvalue weighted by molar-refractivity contribution is 5.58. The first-order chi connectivity index (χ1) is 12.3. The third-order valence-corrected chi connectivity index (χ3v) is 4.68. The van der Waals surface area contributed by atoms with E-state index in [2.05, 4.69) is 44.8 Å². The SMILES string of the molecule is CCOc1ccccc1N1CCN(Cc2cn3ccccc3n2)CC1. The van der Waals surface area contributed by atoms with Crippen LogP contribution >= 0.6 is 0 Å². The molecular weight excluding hydrogens is 312 g/mol.